The van der Waals surface area contributed by atoms with Crippen molar-refractivity contribution in [3.05, 3.63) is 47.3 Å². The molecule has 2 saturated heterocycles. The summed E-state index contributed by atoms with van der Waals surface area (Å²) in [5, 5.41) is 13.4. The Morgan fingerprint density at radius 3 is 2.57 bits per heavy atom. The van der Waals surface area contributed by atoms with Gasteiger partial charge >= 0.3 is 6.18 Å². The zero-order chi connectivity index (χ0) is 30.3. The van der Waals surface area contributed by atoms with Crippen LogP contribution in [-0.4, -0.2) is 74.1 Å². The van der Waals surface area contributed by atoms with Crippen LogP contribution >= 0.6 is 0 Å². The van der Waals surface area contributed by atoms with Gasteiger partial charge in [0.25, 0.3) is 0 Å². The molecule has 7 rings (SSSR count). The first-order valence-electron chi connectivity index (χ1n) is 16.0. The van der Waals surface area contributed by atoms with Gasteiger partial charge in [-0.3, -0.25) is 4.90 Å². The smallest absolute Gasteiger partial charge is 0.416 e. The molecule has 2 saturated carbocycles. The van der Waals surface area contributed by atoms with Gasteiger partial charge in [-0.2, -0.15) is 13.2 Å². The van der Waals surface area contributed by atoms with Gasteiger partial charge in [-0.1, -0.05) is 4.68 Å². The predicted molar refractivity (Wildman–Crippen MR) is 157 cm³/mol. The number of alkyl halides is 3. The average molecular weight is 613 g/mol. The Morgan fingerprint density at radius 2 is 1.84 bits per heavy atom. The van der Waals surface area contributed by atoms with Crippen molar-refractivity contribution in [1.29, 1.82) is 0 Å². The zero-order valence-corrected chi connectivity index (χ0v) is 25.3. The summed E-state index contributed by atoms with van der Waals surface area (Å²) in [6, 6.07) is 2.56. The number of ether oxygens (including phenoxy) is 2. The number of hydrogen-bond donors (Lipinski definition) is 0. The monoisotopic (exact) mass is 612 g/mol. The van der Waals surface area contributed by atoms with Gasteiger partial charge in [-0.25, -0.2) is 4.98 Å². The summed E-state index contributed by atoms with van der Waals surface area (Å²) in [6.07, 6.45) is 13.6. The van der Waals surface area contributed by atoms with Crippen LogP contribution in [0, 0.1) is 17.3 Å². The van der Waals surface area contributed by atoms with Crippen LogP contribution in [0.2, 0.25) is 0 Å². The lowest BCUT2D eigenvalue weighted by molar-refractivity contribution is -0.455. The highest BCUT2D eigenvalue weighted by Crippen LogP contribution is 2.42. The maximum Gasteiger partial charge on any atom is 0.416 e. The average Bonchev–Trinajstić information content (AvgIpc) is 3.76. The fraction of sp³-hybridized carbons (Fsp3) is 0.656. The third-order valence-electron chi connectivity index (χ3n) is 10.5. The van der Waals surface area contributed by atoms with Crippen LogP contribution < -0.4 is 4.74 Å². The predicted octanol–water partition coefficient (Wildman–Crippen LogP) is 5.33. The van der Waals surface area contributed by atoms with E-state index < -0.39 is 11.7 Å². The maximum absolute atomic E-state index is 13.0. The minimum absolute atomic E-state index is 0.00112. The molecule has 12 heteroatoms. The highest BCUT2D eigenvalue weighted by atomic mass is 19.4. The normalized spacial score (nSPS) is 29.7. The molecule has 2 aromatic rings. The van der Waals surface area contributed by atoms with E-state index in [0.29, 0.717) is 23.1 Å². The molecule has 5 aliphatic rings. The summed E-state index contributed by atoms with van der Waals surface area (Å²) in [6.45, 7) is 4.35. The van der Waals surface area contributed by atoms with E-state index in [2.05, 4.69) is 37.2 Å². The van der Waals surface area contributed by atoms with E-state index in [1.54, 1.807) is 0 Å². The number of allylic oxidation sites excluding steroid dienone is 1. The molecule has 0 unspecified atom stereocenters. The van der Waals surface area contributed by atoms with E-state index in [1.165, 1.54) is 50.8 Å². The standard InChI is InChI=1S/C32H41F3N7O2/c1-40-28(18-44-29-14-26(10-12-36-29)32(33,34)35)38-39-30(40)24-6-4-23(5-7-24)25-15-37-42(17-25)16-22-2-8-27(9-3-22)41-19-31(20-41)11-13-43-21-31/h10,12,14-17,22-24,27H,2-9,11,13,18-21H2,1H3/q+1/b42-16-. The molecule has 236 valence electrons. The zero-order valence-electron chi connectivity index (χ0n) is 25.3. The van der Waals surface area contributed by atoms with Gasteiger partial charge in [-0.05, 0) is 74.9 Å². The van der Waals surface area contributed by atoms with Crippen LogP contribution in [0.5, 0.6) is 5.88 Å². The van der Waals surface area contributed by atoms with Gasteiger partial charge < -0.3 is 14.0 Å². The summed E-state index contributed by atoms with van der Waals surface area (Å²) in [7, 11) is 1.89. The summed E-state index contributed by atoms with van der Waals surface area (Å²) in [5.41, 5.74) is 0.980. The van der Waals surface area contributed by atoms with Crippen LogP contribution in [-0.2, 0) is 24.6 Å². The minimum Gasteiger partial charge on any atom is -0.469 e. The van der Waals surface area contributed by atoms with E-state index >= 15 is 0 Å². The molecule has 3 aliphatic heterocycles. The number of hydrogen-bond acceptors (Lipinski definition) is 7. The highest BCUT2D eigenvalue weighted by Gasteiger charge is 2.48. The largest absolute Gasteiger partial charge is 0.469 e. The van der Waals surface area contributed by atoms with Gasteiger partial charge in [0.15, 0.2) is 12.0 Å². The second kappa shape index (κ2) is 12.0. The minimum atomic E-state index is -4.45. The van der Waals surface area contributed by atoms with E-state index in [4.69, 9.17) is 14.6 Å². The maximum atomic E-state index is 13.0. The summed E-state index contributed by atoms with van der Waals surface area (Å²) >= 11 is 0. The molecule has 0 atom stereocenters. The number of rotatable bonds is 7. The topological polar surface area (TPSA) is 80.7 Å². The Balaban J connectivity index is 0.876. The van der Waals surface area contributed by atoms with Crippen LogP contribution in [0.15, 0.2) is 35.2 Å². The van der Waals surface area contributed by atoms with Crippen LogP contribution in [0.3, 0.4) is 0 Å². The molecule has 0 N–H and O–H groups in total. The first-order valence-corrected chi connectivity index (χ1v) is 16.0. The molecule has 0 amide bonds. The van der Waals surface area contributed by atoms with E-state index in [-0.39, 0.29) is 18.4 Å². The van der Waals surface area contributed by atoms with Gasteiger partial charge in [0.2, 0.25) is 12.1 Å². The quantitative estimate of drug-likeness (QED) is 0.394. The van der Waals surface area contributed by atoms with E-state index in [9.17, 15) is 13.2 Å². The molecule has 44 heavy (non-hydrogen) atoms. The van der Waals surface area contributed by atoms with Crippen molar-refractivity contribution in [2.75, 3.05) is 26.3 Å². The molecule has 1 spiro atoms. The third kappa shape index (κ3) is 6.20. The number of pyridine rings is 1. The summed E-state index contributed by atoms with van der Waals surface area (Å²) in [5.74, 6) is 2.70. The van der Waals surface area contributed by atoms with Gasteiger partial charge in [-0.15, -0.1) is 10.2 Å². The molecule has 0 aromatic carbocycles. The Hall–Kier alpha value is -3.12. The number of nitrogens with zero attached hydrogens (tertiary/aromatic N) is 7. The second-order valence-electron chi connectivity index (χ2n) is 13.4. The van der Waals surface area contributed by atoms with Crippen LogP contribution in [0.25, 0.3) is 0 Å². The Labute approximate surface area is 255 Å². The van der Waals surface area contributed by atoms with Crippen molar-refractivity contribution in [2.45, 2.75) is 82.5 Å². The van der Waals surface area contributed by atoms with Crippen molar-refractivity contribution in [3.63, 3.8) is 0 Å². The lowest BCUT2D eigenvalue weighted by atomic mass is 9.76. The van der Waals surface area contributed by atoms with Crippen molar-refractivity contribution < 1.29 is 27.3 Å². The lowest BCUT2D eigenvalue weighted by Gasteiger charge is -2.52. The van der Waals surface area contributed by atoms with Gasteiger partial charge in [0.1, 0.15) is 18.6 Å². The Kier molecular flexibility index (Phi) is 8.07. The van der Waals surface area contributed by atoms with Crippen LogP contribution in [0.4, 0.5) is 13.2 Å². The molecule has 0 bridgehead atoms. The van der Waals surface area contributed by atoms with Crippen LogP contribution in [0.1, 0.15) is 80.9 Å². The molecule has 2 aromatic heterocycles. The van der Waals surface area contributed by atoms with Crippen molar-refractivity contribution in [1.82, 2.24) is 24.6 Å². The molecular weight excluding hydrogens is 571 g/mol. The SMILES string of the molecule is Cn1c(COc2cc(C(F)(F)F)ccn2)nnc1C1CCC(C2=C/[N+](=C/C3CCC(N4CC5(CCOC5)C4)CC3)N=C2)CC1. The summed E-state index contributed by atoms with van der Waals surface area (Å²) in [4.78, 5) is 6.59. The number of aromatic nitrogens is 4. The molecule has 4 fully saturated rings. The molecule has 5 heterocycles. The molecule has 9 nitrogen and oxygen atoms in total. The lowest BCUT2D eigenvalue weighted by Crippen LogP contribution is -2.60. The van der Waals surface area contributed by atoms with Gasteiger partial charge in [0, 0.05) is 67.9 Å². The highest BCUT2D eigenvalue weighted by molar-refractivity contribution is 5.80. The number of halogens is 3. The summed E-state index contributed by atoms with van der Waals surface area (Å²) < 4.78 is 54.1. The second-order valence-corrected chi connectivity index (χ2v) is 13.4. The van der Waals surface area contributed by atoms with E-state index in [0.717, 1.165) is 69.1 Å². The molecular formula is C32H41F3N7O2+. The molecule has 2 aliphatic carbocycles. The van der Waals surface area contributed by atoms with E-state index in [1.807, 2.05) is 17.8 Å². The third-order valence-corrected chi connectivity index (χ3v) is 10.5. The van der Waals surface area contributed by atoms with Crippen molar-refractivity contribution >= 4 is 12.4 Å². The number of hydrazone groups is 1. The Bertz CT molecular complexity index is 1420. The van der Waals surface area contributed by atoms with Crippen molar-refractivity contribution in [3.8, 4) is 5.88 Å². The Morgan fingerprint density at radius 1 is 1.07 bits per heavy atom. The van der Waals surface area contributed by atoms with Gasteiger partial charge in [0.05, 0.1) is 12.2 Å². The fourth-order valence-corrected chi connectivity index (χ4v) is 7.79. The first-order chi connectivity index (χ1) is 21.2. The van der Waals surface area contributed by atoms with Crippen molar-refractivity contribution in [2.24, 2.45) is 29.4 Å². The fourth-order valence-electron chi connectivity index (χ4n) is 7.79. The molecule has 0 radical (unpaired) electrons. The first kappa shape index (κ1) is 29.6. The number of likely N-dealkylation sites (tertiary alicyclic amines) is 1.